The van der Waals surface area contributed by atoms with Crippen LogP contribution in [0.4, 0.5) is 27.7 Å². The van der Waals surface area contributed by atoms with Crippen molar-refractivity contribution in [2.45, 2.75) is 6.54 Å². The highest BCUT2D eigenvalue weighted by atomic mass is 16.2. The molecule has 2 heterocycles. The molecule has 0 saturated heterocycles. The lowest BCUT2D eigenvalue weighted by Crippen LogP contribution is -2.22. The maximum Gasteiger partial charge on any atom is 0.323 e. The third kappa shape index (κ3) is 3.97. The van der Waals surface area contributed by atoms with E-state index in [1.807, 2.05) is 54.6 Å². The van der Waals surface area contributed by atoms with Crippen molar-refractivity contribution in [1.29, 1.82) is 0 Å². The quantitative estimate of drug-likeness (QED) is 0.563. The van der Waals surface area contributed by atoms with E-state index in [1.54, 1.807) is 0 Å². The van der Waals surface area contributed by atoms with E-state index in [9.17, 15) is 4.79 Å². The summed E-state index contributed by atoms with van der Waals surface area (Å²) >= 11 is 0. The highest BCUT2D eigenvalue weighted by Gasteiger charge is 2.15. The fraction of sp³-hybridized carbons (Fsp3) is 0.100. The van der Waals surface area contributed by atoms with Gasteiger partial charge >= 0.3 is 6.03 Å². The molecule has 2 amide bonds. The van der Waals surface area contributed by atoms with Crippen molar-refractivity contribution in [3.63, 3.8) is 0 Å². The molecule has 8 heteroatoms. The average molecular weight is 373 g/mol. The van der Waals surface area contributed by atoms with Crippen LogP contribution in [0.2, 0.25) is 0 Å². The smallest absolute Gasteiger partial charge is 0.323 e. The number of nitrogens with two attached hydrogens (primary N) is 1. The van der Waals surface area contributed by atoms with Gasteiger partial charge < -0.3 is 21.7 Å². The Balaban J connectivity index is 1.49. The number of rotatable bonds is 3. The lowest BCUT2D eigenvalue weighted by Gasteiger charge is -2.09. The molecular formula is C20H19N7O. The zero-order valence-electron chi connectivity index (χ0n) is 15.0. The van der Waals surface area contributed by atoms with Gasteiger partial charge in [0.15, 0.2) is 5.82 Å². The van der Waals surface area contributed by atoms with Crippen LogP contribution in [-0.2, 0) is 6.54 Å². The Morgan fingerprint density at radius 2 is 1.64 bits per heavy atom. The van der Waals surface area contributed by atoms with Gasteiger partial charge in [0.1, 0.15) is 12.0 Å². The molecule has 0 atom stereocenters. The molecule has 28 heavy (non-hydrogen) atoms. The Hall–Kier alpha value is -3.78. The van der Waals surface area contributed by atoms with Crippen LogP contribution < -0.4 is 21.7 Å². The van der Waals surface area contributed by atoms with Crippen molar-refractivity contribution in [3.8, 4) is 0 Å². The predicted molar refractivity (Wildman–Crippen MR) is 110 cm³/mol. The van der Waals surface area contributed by atoms with Crippen LogP contribution in [0.3, 0.4) is 0 Å². The SMILES string of the molecule is Nc1ncnc2c1N=C(c1ccc(NC(=O)Nc3ccccc3)cc1)CNC2. The molecule has 0 spiro atoms. The van der Waals surface area contributed by atoms with E-state index < -0.39 is 0 Å². The normalized spacial score (nSPS) is 13.1. The second kappa shape index (κ2) is 7.85. The van der Waals surface area contributed by atoms with Crippen molar-refractivity contribution in [1.82, 2.24) is 15.3 Å². The molecule has 0 saturated carbocycles. The topological polar surface area (TPSA) is 117 Å². The number of aromatic nitrogens is 2. The number of nitrogens with zero attached hydrogens (tertiary/aromatic N) is 3. The summed E-state index contributed by atoms with van der Waals surface area (Å²) in [5, 5.41) is 8.89. The number of fused-ring (bicyclic) bond motifs is 1. The van der Waals surface area contributed by atoms with Gasteiger partial charge in [0, 0.05) is 24.5 Å². The van der Waals surface area contributed by atoms with Crippen LogP contribution in [0, 0.1) is 0 Å². The van der Waals surface area contributed by atoms with Gasteiger partial charge in [-0.2, -0.15) is 0 Å². The number of aliphatic imine (C=N–C) groups is 1. The Morgan fingerprint density at radius 3 is 2.39 bits per heavy atom. The molecule has 0 bridgehead atoms. The Morgan fingerprint density at radius 1 is 0.929 bits per heavy atom. The van der Waals surface area contributed by atoms with Gasteiger partial charge in [-0.15, -0.1) is 0 Å². The van der Waals surface area contributed by atoms with Gasteiger partial charge in [0.05, 0.1) is 11.4 Å². The van der Waals surface area contributed by atoms with Gasteiger partial charge in [0.25, 0.3) is 0 Å². The molecule has 1 aliphatic heterocycles. The molecule has 0 fully saturated rings. The number of nitrogens with one attached hydrogen (secondary N) is 3. The third-order valence-electron chi connectivity index (χ3n) is 4.27. The molecule has 3 aromatic rings. The minimum absolute atomic E-state index is 0.300. The summed E-state index contributed by atoms with van der Waals surface area (Å²) in [6.07, 6.45) is 1.44. The maximum absolute atomic E-state index is 12.1. The number of carbonyl (C=O) groups excluding carboxylic acids is 1. The number of urea groups is 1. The monoisotopic (exact) mass is 373 g/mol. The highest BCUT2D eigenvalue weighted by Crippen LogP contribution is 2.26. The Bertz CT molecular complexity index is 1020. The molecule has 1 aliphatic rings. The van der Waals surface area contributed by atoms with Gasteiger partial charge in [-0.05, 0) is 29.8 Å². The molecule has 0 aliphatic carbocycles. The van der Waals surface area contributed by atoms with Crippen LogP contribution in [-0.4, -0.2) is 28.3 Å². The first-order chi connectivity index (χ1) is 13.7. The van der Waals surface area contributed by atoms with E-state index in [1.165, 1.54) is 6.33 Å². The summed E-state index contributed by atoms with van der Waals surface area (Å²) < 4.78 is 0. The molecule has 1 aromatic heterocycles. The number of amides is 2. The first kappa shape index (κ1) is 17.6. The van der Waals surface area contributed by atoms with Crippen LogP contribution in [0.1, 0.15) is 11.3 Å². The molecule has 0 radical (unpaired) electrons. The second-order valence-corrected chi connectivity index (χ2v) is 6.24. The first-order valence-corrected chi connectivity index (χ1v) is 8.80. The Kier molecular flexibility index (Phi) is 4.94. The van der Waals surface area contributed by atoms with Gasteiger partial charge in [-0.3, -0.25) is 0 Å². The van der Waals surface area contributed by atoms with E-state index in [-0.39, 0.29) is 6.03 Å². The van der Waals surface area contributed by atoms with Crippen molar-refractivity contribution >= 4 is 34.6 Å². The molecule has 5 N–H and O–H groups in total. The summed E-state index contributed by atoms with van der Waals surface area (Å²) in [5.74, 6) is 0.363. The number of hydrogen-bond acceptors (Lipinski definition) is 6. The number of hydrogen-bond donors (Lipinski definition) is 4. The van der Waals surface area contributed by atoms with Crippen molar-refractivity contribution in [2.75, 3.05) is 22.9 Å². The van der Waals surface area contributed by atoms with Gasteiger partial charge in [-0.25, -0.2) is 19.8 Å². The van der Waals surface area contributed by atoms with Crippen molar-refractivity contribution in [3.05, 3.63) is 72.2 Å². The van der Waals surface area contributed by atoms with Crippen LogP contribution in [0.15, 0.2) is 65.9 Å². The average Bonchev–Trinajstić information content (AvgIpc) is 2.93. The number of para-hydroxylation sites is 1. The van der Waals surface area contributed by atoms with Crippen molar-refractivity contribution < 1.29 is 4.79 Å². The minimum Gasteiger partial charge on any atom is -0.382 e. The zero-order chi connectivity index (χ0) is 19.3. The minimum atomic E-state index is -0.300. The van der Waals surface area contributed by atoms with E-state index in [2.05, 4.69) is 30.9 Å². The van der Waals surface area contributed by atoms with Gasteiger partial charge in [0.2, 0.25) is 0 Å². The van der Waals surface area contributed by atoms with Crippen molar-refractivity contribution in [2.24, 2.45) is 4.99 Å². The largest absolute Gasteiger partial charge is 0.382 e. The number of benzene rings is 2. The second-order valence-electron chi connectivity index (χ2n) is 6.24. The summed E-state index contributed by atoms with van der Waals surface area (Å²) in [5.41, 5.74) is 10.5. The summed E-state index contributed by atoms with van der Waals surface area (Å²) in [6, 6.07) is 16.5. The molecule has 140 valence electrons. The van der Waals surface area contributed by atoms with E-state index >= 15 is 0 Å². The molecule has 0 unspecified atom stereocenters. The van der Waals surface area contributed by atoms with Gasteiger partial charge in [-0.1, -0.05) is 30.3 Å². The van der Waals surface area contributed by atoms with E-state index in [0.717, 1.165) is 22.7 Å². The maximum atomic E-state index is 12.1. The predicted octanol–water partition coefficient (Wildman–Crippen LogP) is 2.93. The zero-order valence-corrected chi connectivity index (χ0v) is 15.0. The fourth-order valence-electron chi connectivity index (χ4n) is 2.88. The number of carbonyl (C=O) groups is 1. The third-order valence-corrected chi connectivity index (χ3v) is 4.27. The molecule has 4 rings (SSSR count). The standard InChI is InChI=1S/C20H19N7O/c21-19-18-17(23-12-24-19)11-22-10-16(27-18)13-6-8-15(9-7-13)26-20(28)25-14-4-2-1-3-5-14/h1-9,12,22H,10-11H2,(H2,21,23,24)(H2,25,26,28). The van der Waals surface area contributed by atoms with Crippen LogP contribution in [0.25, 0.3) is 0 Å². The van der Waals surface area contributed by atoms with Crippen LogP contribution >= 0.6 is 0 Å². The molecular weight excluding hydrogens is 354 g/mol. The number of nitrogen functional groups attached to an aromatic ring is 1. The fourth-order valence-corrected chi connectivity index (χ4v) is 2.88. The van der Waals surface area contributed by atoms with Crippen LogP contribution in [0.5, 0.6) is 0 Å². The summed E-state index contributed by atoms with van der Waals surface area (Å²) in [6.45, 7) is 1.16. The highest BCUT2D eigenvalue weighted by molar-refractivity contribution is 6.05. The van der Waals surface area contributed by atoms with E-state index in [4.69, 9.17) is 5.73 Å². The molecule has 8 nitrogen and oxygen atoms in total. The summed E-state index contributed by atoms with van der Waals surface area (Å²) in [7, 11) is 0. The Labute approximate surface area is 161 Å². The number of anilines is 3. The lowest BCUT2D eigenvalue weighted by molar-refractivity contribution is 0.262. The molecule has 2 aromatic carbocycles. The first-order valence-electron chi connectivity index (χ1n) is 8.80. The lowest BCUT2D eigenvalue weighted by atomic mass is 10.1. The van der Waals surface area contributed by atoms with E-state index in [0.29, 0.717) is 30.3 Å². The summed E-state index contributed by atoms with van der Waals surface area (Å²) in [4.78, 5) is 25.0.